The van der Waals surface area contributed by atoms with E-state index in [1.54, 1.807) is 20.8 Å². The zero-order valence-electron chi connectivity index (χ0n) is 19.0. The Labute approximate surface area is 199 Å². The second-order valence-electron chi connectivity index (χ2n) is 8.50. The van der Waals surface area contributed by atoms with Gasteiger partial charge in [0, 0.05) is 16.8 Å². The Morgan fingerprint density at radius 2 is 1.74 bits per heavy atom. The molecule has 2 aromatic carbocycles. The fourth-order valence-electron chi connectivity index (χ4n) is 4.53. The number of fused-ring (bicyclic) bond motifs is 1. The second-order valence-corrected chi connectivity index (χ2v) is 8.50. The lowest BCUT2D eigenvalue weighted by molar-refractivity contribution is -0.137. The zero-order valence-corrected chi connectivity index (χ0v) is 19.0. The Bertz CT molecular complexity index is 1430. The number of nitrogens with one attached hydrogen (secondary N) is 1. The van der Waals surface area contributed by atoms with Crippen molar-refractivity contribution in [2.75, 3.05) is 0 Å². The topological polar surface area (TPSA) is 87.7 Å². The number of aromatic nitrogens is 2. The number of rotatable bonds is 2. The van der Waals surface area contributed by atoms with Crippen molar-refractivity contribution in [1.82, 2.24) is 10.2 Å². The molecule has 1 aliphatic heterocycles. The average molecular weight is 480 g/mol. The van der Waals surface area contributed by atoms with Crippen molar-refractivity contribution in [1.29, 1.82) is 5.26 Å². The summed E-state index contributed by atoms with van der Waals surface area (Å²) in [5.41, 5.74) is 5.42. The van der Waals surface area contributed by atoms with Crippen molar-refractivity contribution in [2.45, 2.75) is 32.4 Å². The quantitative estimate of drug-likeness (QED) is 0.385. The number of H-pyrrole nitrogens is 1. The molecule has 0 aliphatic carbocycles. The summed E-state index contributed by atoms with van der Waals surface area (Å²) in [7, 11) is 0. The number of ether oxygens (including phenoxy) is 1. The molecular formula is C26H20F4N4O. The highest BCUT2D eigenvalue weighted by Gasteiger charge is 2.51. The van der Waals surface area contributed by atoms with E-state index in [1.165, 1.54) is 30.3 Å². The SMILES string of the molecule is Cc1[nH]nc2c1C(c1cc(C#Cc3ccc(F)cc3)cc(C(F)(F)F)c1)(C(C)C)C(C#N)=C(N)O2. The Morgan fingerprint density at radius 1 is 1.09 bits per heavy atom. The third-order valence-electron chi connectivity index (χ3n) is 6.04. The first-order valence-corrected chi connectivity index (χ1v) is 10.6. The van der Waals surface area contributed by atoms with E-state index in [9.17, 15) is 22.8 Å². The highest BCUT2D eigenvalue weighted by Crippen LogP contribution is 2.53. The minimum atomic E-state index is -4.68. The van der Waals surface area contributed by atoms with Gasteiger partial charge in [-0.3, -0.25) is 5.10 Å². The van der Waals surface area contributed by atoms with Gasteiger partial charge in [-0.15, -0.1) is 5.10 Å². The monoisotopic (exact) mass is 480 g/mol. The molecule has 0 radical (unpaired) electrons. The number of hydrogen-bond donors (Lipinski definition) is 2. The van der Waals surface area contributed by atoms with E-state index in [1.807, 2.05) is 0 Å². The van der Waals surface area contributed by atoms with Crippen molar-refractivity contribution in [3.63, 3.8) is 0 Å². The molecule has 1 aromatic heterocycles. The van der Waals surface area contributed by atoms with E-state index in [4.69, 9.17) is 10.5 Å². The third kappa shape index (κ3) is 4.00. The Kier molecular flexibility index (Phi) is 5.82. The van der Waals surface area contributed by atoms with E-state index in [0.29, 0.717) is 16.8 Å². The summed E-state index contributed by atoms with van der Waals surface area (Å²) in [6, 6.07) is 10.8. The molecule has 1 atom stereocenters. The molecule has 5 nitrogen and oxygen atoms in total. The first kappa shape index (κ1) is 23.9. The summed E-state index contributed by atoms with van der Waals surface area (Å²) in [6.45, 7) is 5.28. The van der Waals surface area contributed by atoms with Gasteiger partial charge < -0.3 is 10.5 Å². The molecule has 3 aromatic rings. The molecule has 9 heteroatoms. The summed E-state index contributed by atoms with van der Waals surface area (Å²) >= 11 is 0. The molecule has 1 unspecified atom stereocenters. The highest BCUT2D eigenvalue weighted by molar-refractivity contribution is 5.63. The van der Waals surface area contributed by atoms with Gasteiger partial charge in [0.2, 0.25) is 11.8 Å². The van der Waals surface area contributed by atoms with Gasteiger partial charge in [-0.05, 0) is 60.9 Å². The number of hydrogen-bond acceptors (Lipinski definition) is 4. The van der Waals surface area contributed by atoms with Crippen LogP contribution in [-0.4, -0.2) is 10.2 Å². The lowest BCUT2D eigenvalue weighted by Crippen LogP contribution is -2.41. The van der Waals surface area contributed by atoms with E-state index in [2.05, 4.69) is 28.1 Å². The molecular weight excluding hydrogens is 460 g/mol. The van der Waals surface area contributed by atoms with Crippen LogP contribution in [0.2, 0.25) is 0 Å². The van der Waals surface area contributed by atoms with Gasteiger partial charge in [0.05, 0.1) is 16.5 Å². The fourth-order valence-corrected chi connectivity index (χ4v) is 4.53. The zero-order chi connectivity index (χ0) is 25.5. The molecule has 35 heavy (non-hydrogen) atoms. The number of nitrogens with two attached hydrogens (primary N) is 1. The number of nitrogens with zero attached hydrogens (tertiary/aromatic N) is 2. The largest absolute Gasteiger partial charge is 0.420 e. The number of nitriles is 1. The number of allylic oxidation sites excluding steroid dienone is 1. The maximum Gasteiger partial charge on any atom is 0.416 e. The number of alkyl halides is 3. The van der Waals surface area contributed by atoms with E-state index in [0.717, 1.165) is 12.1 Å². The van der Waals surface area contributed by atoms with Crippen molar-refractivity contribution in [3.05, 3.63) is 93.2 Å². The van der Waals surface area contributed by atoms with Crippen LogP contribution in [0.5, 0.6) is 5.88 Å². The van der Waals surface area contributed by atoms with Crippen molar-refractivity contribution >= 4 is 0 Å². The Balaban J connectivity index is 2.04. The summed E-state index contributed by atoms with van der Waals surface area (Å²) in [5.74, 6) is 4.52. The average Bonchev–Trinajstić information content (AvgIpc) is 3.17. The van der Waals surface area contributed by atoms with Crippen LogP contribution >= 0.6 is 0 Å². The van der Waals surface area contributed by atoms with Gasteiger partial charge in [-0.1, -0.05) is 25.7 Å². The number of aryl methyl sites for hydroxylation is 1. The Hall–Kier alpha value is -4.24. The van der Waals surface area contributed by atoms with E-state index >= 15 is 0 Å². The smallest absolute Gasteiger partial charge is 0.416 e. The maximum atomic E-state index is 14.0. The number of halogens is 4. The molecule has 0 bridgehead atoms. The minimum Gasteiger partial charge on any atom is -0.420 e. The first-order valence-electron chi connectivity index (χ1n) is 10.6. The molecule has 2 heterocycles. The van der Waals surface area contributed by atoms with Crippen LogP contribution in [0.1, 0.15) is 47.4 Å². The molecule has 0 fully saturated rings. The normalized spacial score (nSPS) is 17.3. The second kappa shape index (κ2) is 8.52. The van der Waals surface area contributed by atoms with Gasteiger partial charge in [0.1, 0.15) is 17.5 Å². The van der Waals surface area contributed by atoms with Gasteiger partial charge >= 0.3 is 6.18 Å². The van der Waals surface area contributed by atoms with Gasteiger partial charge in [-0.2, -0.15) is 18.4 Å². The lowest BCUT2D eigenvalue weighted by Gasteiger charge is -2.41. The number of aromatic amines is 1. The lowest BCUT2D eigenvalue weighted by atomic mass is 9.61. The van der Waals surface area contributed by atoms with Crippen LogP contribution in [0.3, 0.4) is 0 Å². The van der Waals surface area contributed by atoms with Crippen LogP contribution < -0.4 is 10.5 Å². The molecule has 0 amide bonds. The van der Waals surface area contributed by atoms with Gasteiger partial charge in [0.15, 0.2) is 0 Å². The van der Waals surface area contributed by atoms with E-state index < -0.39 is 28.9 Å². The molecule has 0 saturated carbocycles. The summed E-state index contributed by atoms with van der Waals surface area (Å²) in [4.78, 5) is 0. The molecule has 178 valence electrons. The highest BCUT2D eigenvalue weighted by atomic mass is 19.4. The predicted octanol–water partition coefficient (Wildman–Crippen LogP) is 5.30. The standard InChI is InChI=1S/C26H20F4N4O/c1-14(2)25(21(13-31)23(32)35-24-22(25)15(3)33-34-24)18-10-17(11-19(12-18)26(28,29)30)5-4-16-6-8-20(27)9-7-16/h6-12,14H,32H2,1-3H3,(H,33,34). The van der Waals surface area contributed by atoms with Crippen LogP contribution in [0, 0.1) is 41.8 Å². The third-order valence-corrected chi connectivity index (χ3v) is 6.04. The Morgan fingerprint density at radius 3 is 2.34 bits per heavy atom. The number of benzene rings is 2. The minimum absolute atomic E-state index is 0.0127. The first-order chi connectivity index (χ1) is 16.5. The van der Waals surface area contributed by atoms with E-state index in [-0.39, 0.29) is 28.5 Å². The fraction of sp³-hybridized carbons (Fsp3) is 0.231. The predicted molar refractivity (Wildman–Crippen MR) is 120 cm³/mol. The van der Waals surface area contributed by atoms with Crippen LogP contribution in [0.4, 0.5) is 17.6 Å². The molecule has 0 saturated heterocycles. The molecule has 4 rings (SSSR count). The van der Waals surface area contributed by atoms with Crippen molar-refractivity contribution in [2.24, 2.45) is 11.7 Å². The van der Waals surface area contributed by atoms with Crippen LogP contribution in [0.25, 0.3) is 0 Å². The molecule has 3 N–H and O–H groups in total. The summed E-state index contributed by atoms with van der Waals surface area (Å²) in [6.07, 6.45) is -4.68. The molecule has 1 aliphatic rings. The van der Waals surface area contributed by atoms with Crippen LogP contribution in [0.15, 0.2) is 53.9 Å². The molecule has 0 spiro atoms. The van der Waals surface area contributed by atoms with Crippen molar-refractivity contribution in [3.8, 4) is 23.8 Å². The summed E-state index contributed by atoms with van der Waals surface area (Å²) in [5, 5.41) is 16.9. The van der Waals surface area contributed by atoms with Gasteiger partial charge in [0.25, 0.3) is 0 Å². The van der Waals surface area contributed by atoms with Crippen molar-refractivity contribution < 1.29 is 22.3 Å². The summed E-state index contributed by atoms with van der Waals surface area (Å²) < 4.78 is 60.7. The van der Waals surface area contributed by atoms with Gasteiger partial charge in [-0.25, -0.2) is 4.39 Å². The maximum absolute atomic E-state index is 14.0. The van der Waals surface area contributed by atoms with Crippen LogP contribution in [-0.2, 0) is 11.6 Å².